The highest BCUT2D eigenvalue weighted by atomic mass is 19.1. The monoisotopic (exact) mass is 457 g/mol. The molecule has 1 spiro atoms. The number of rotatable bonds is 5. The highest BCUT2D eigenvalue weighted by molar-refractivity contribution is 5.90. The summed E-state index contributed by atoms with van der Waals surface area (Å²) >= 11 is 0. The Morgan fingerprint density at radius 1 is 1.15 bits per heavy atom. The molecular weight excluding hydrogens is 432 g/mol. The van der Waals surface area contributed by atoms with E-state index in [2.05, 4.69) is 5.32 Å². The van der Waals surface area contributed by atoms with E-state index < -0.39 is 23.8 Å². The number of halogens is 2. The van der Waals surface area contributed by atoms with Crippen molar-refractivity contribution in [3.63, 3.8) is 0 Å². The van der Waals surface area contributed by atoms with Crippen molar-refractivity contribution in [1.29, 1.82) is 0 Å². The number of carbonyl (C=O) groups excluding carboxylic acids is 2. The average Bonchev–Trinajstić information content (AvgIpc) is 3.43. The molecule has 0 aromatic heterocycles. The second-order valence-corrected chi connectivity index (χ2v) is 8.84. The predicted molar refractivity (Wildman–Crippen MR) is 118 cm³/mol. The van der Waals surface area contributed by atoms with Gasteiger partial charge in [-0.25, -0.2) is 13.6 Å². The van der Waals surface area contributed by atoms with Crippen LogP contribution in [0.3, 0.4) is 0 Å². The summed E-state index contributed by atoms with van der Waals surface area (Å²) in [6.07, 6.45) is 0.652. The highest BCUT2D eigenvalue weighted by Crippen LogP contribution is 2.40. The van der Waals surface area contributed by atoms with Gasteiger partial charge in [0.15, 0.2) is 0 Å². The lowest BCUT2D eigenvalue weighted by Crippen LogP contribution is -2.38. The second kappa shape index (κ2) is 8.30. The number of ether oxygens (including phenoxy) is 2. The van der Waals surface area contributed by atoms with Crippen LogP contribution in [0, 0.1) is 11.6 Å². The van der Waals surface area contributed by atoms with Crippen LogP contribution in [-0.2, 0) is 14.3 Å². The van der Waals surface area contributed by atoms with E-state index in [-0.39, 0.29) is 30.2 Å². The molecule has 2 aromatic rings. The number of piperidine rings is 1. The Hall–Kier alpha value is -3.20. The SMILES string of the molecule is CC(=O)NC[C@H]1CN(c2ccc(-c3ccc(N4CCC5(CC4)CO5)c(F)c3)c(F)c2)C(=O)O1. The Labute approximate surface area is 190 Å². The van der Waals surface area contributed by atoms with Crippen molar-refractivity contribution < 1.29 is 27.8 Å². The van der Waals surface area contributed by atoms with Crippen LogP contribution in [0.4, 0.5) is 25.0 Å². The molecule has 3 heterocycles. The summed E-state index contributed by atoms with van der Waals surface area (Å²) in [7, 11) is 0. The van der Waals surface area contributed by atoms with Crippen molar-refractivity contribution in [2.75, 3.05) is 42.6 Å². The summed E-state index contributed by atoms with van der Waals surface area (Å²) in [5.41, 5.74) is 1.54. The number of hydrogen-bond acceptors (Lipinski definition) is 5. The number of carbonyl (C=O) groups is 2. The third-order valence-electron chi connectivity index (χ3n) is 6.54. The first kappa shape index (κ1) is 21.6. The van der Waals surface area contributed by atoms with Gasteiger partial charge in [-0.3, -0.25) is 9.69 Å². The fraction of sp³-hybridized carbons (Fsp3) is 0.417. The van der Waals surface area contributed by atoms with Gasteiger partial charge in [0, 0.05) is 25.6 Å². The molecule has 5 rings (SSSR count). The van der Waals surface area contributed by atoms with Crippen LogP contribution >= 0.6 is 0 Å². The number of cyclic esters (lactones) is 1. The first-order valence-corrected chi connectivity index (χ1v) is 11.0. The molecule has 0 radical (unpaired) electrons. The molecule has 9 heteroatoms. The number of benzene rings is 2. The maximum atomic E-state index is 15.0. The van der Waals surface area contributed by atoms with Crippen LogP contribution < -0.4 is 15.1 Å². The highest BCUT2D eigenvalue weighted by Gasteiger charge is 2.46. The molecule has 3 saturated heterocycles. The smallest absolute Gasteiger partial charge is 0.414 e. The van der Waals surface area contributed by atoms with Gasteiger partial charge in [-0.1, -0.05) is 6.07 Å². The van der Waals surface area contributed by atoms with Gasteiger partial charge in [0.1, 0.15) is 17.7 Å². The zero-order valence-corrected chi connectivity index (χ0v) is 18.3. The van der Waals surface area contributed by atoms with Crippen LogP contribution in [0.15, 0.2) is 36.4 Å². The van der Waals surface area contributed by atoms with E-state index in [0.29, 0.717) is 16.9 Å². The Kier molecular flexibility index (Phi) is 5.44. The van der Waals surface area contributed by atoms with Gasteiger partial charge in [0.05, 0.1) is 36.7 Å². The molecule has 174 valence electrons. The standard InChI is InChI=1S/C24H25F2N3O4/c1-15(30)27-12-18-13-29(23(31)33-18)17-3-4-19(20(25)11-17)16-2-5-22(21(26)10-16)28-8-6-24(7-9-28)14-32-24/h2-5,10-11,18H,6-9,12-14H2,1H3,(H,27,30)/t18-/m0/s1. The Balaban J connectivity index is 1.30. The molecule has 0 unspecified atom stereocenters. The third kappa shape index (κ3) is 4.37. The van der Waals surface area contributed by atoms with Gasteiger partial charge in [-0.15, -0.1) is 0 Å². The lowest BCUT2D eigenvalue weighted by atomic mass is 9.97. The normalized spacial score (nSPS) is 21.3. The molecule has 3 aliphatic heterocycles. The summed E-state index contributed by atoms with van der Waals surface area (Å²) in [4.78, 5) is 26.6. The van der Waals surface area contributed by atoms with Crippen LogP contribution in [0.1, 0.15) is 19.8 Å². The van der Waals surface area contributed by atoms with Crippen LogP contribution in [0.25, 0.3) is 11.1 Å². The molecule has 7 nitrogen and oxygen atoms in total. The van der Waals surface area contributed by atoms with Gasteiger partial charge >= 0.3 is 6.09 Å². The first-order chi connectivity index (χ1) is 15.8. The van der Waals surface area contributed by atoms with Crippen LogP contribution in [0.2, 0.25) is 0 Å². The van der Waals surface area contributed by atoms with Crippen molar-refractivity contribution in [2.24, 2.45) is 0 Å². The van der Waals surface area contributed by atoms with E-state index >= 15 is 0 Å². The van der Waals surface area contributed by atoms with E-state index in [1.54, 1.807) is 18.2 Å². The maximum absolute atomic E-state index is 15.0. The molecule has 0 saturated carbocycles. The van der Waals surface area contributed by atoms with Crippen molar-refractivity contribution in [3.05, 3.63) is 48.0 Å². The van der Waals surface area contributed by atoms with E-state index in [1.807, 2.05) is 4.90 Å². The minimum atomic E-state index is -0.604. The number of amides is 2. The van der Waals surface area contributed by atoms with Gasteiger partial charge in [0.25, 0.3) is 0 Å². The fourth-order valence-electron chi connectivity index (χ4n) is 4.48. The van der Waals surface area contributed by atoms with Gasteiger partial charge < -0.3 is 19.7 Å². The molecule has 2 aromatic carbocycles. The van der Waals surface area contributed by atoms with E-state index in [0.717, 1.165) is 32.5 Å². The summed E-state index contributed by atoms with van der Waals surface area (Å²) in [5, 5.41) is 2.60. The quantitative estimate of drug-likeness (QED) is 0.696. The first-order valence-electron chi connectivity index (χ1n) is 11.0. The number of hydrogen-bond donors (Lipinski definition) is 1. The Morgan fingerprint density at radius 3 is 2.55 bits per heavy atom. The molecule has 0 aliphatic carbocycles. The zero-order valence-electron chi connectivity index (χ0n) is 18.3. The molecule has 3 fully saturated rings. The molecule has 33 heavy (non-hydrogen) atoms. The Morgan fingerprint density at radius 2 is 1.91 bits per heavy atom. The lowest BCUT2D eigenvalue weighted by molar-refractivity contribution is -0.119. The number of epoxide rings is 1. The molecule has 1 atom stereocenters. The zero-order chi connectivity index (χ0) is 23.2. The Bertz CT molecular complexity index is 1100. The van der Waals surface area contributed by atoms with E-state index in [9.17, 15) is 18.4 Å². The lowest BCUT2D eigenvalue weighted by Gasteiger charge is -2.32. The summed E-state index contributed by atoms with van der Waals surface area (Å²) in [6.45, 7) is 4.02. The van der Waals surface area contributed by atoms with E-state index in [4.69, 9.17) is 9.47 Å². The van der Waals surface area contributed by atoms with Crippen LogP contribution in [-0.4, -0.2) is 56.5 Å². The minimum absolute atomic E-state index is 0.0174. The van der Waals surface area contributed by atoms with Crippen molar-refractivity contribution in [2.45, 2.75) is 31.5 Å². The van der Waals surface area contributed by atoms with Crippen molar-refractivity contribution >= 4 is 23.4 Å². The fourth-order valence-corrected chi connectivity index (χ4v) is 4.48. The predicted octanol–water partition coefficient (Wildman–Crippen LogP) is 3.46. The molecular formula is C24H25F2N3O4. The summed E-state index contributed by atoms with van der Waals surface area (Å²) < 4.78 is 40.6. The number of nitrogens with one attached hydrogen (secondary N) is 1. The number of anilines is 2. The van der Waals surface area contributed by atoms with Gasteiger partial charge in [-0.05, 0) is 48.7 Å². The average molecular weight is 457 g/mol. The molecule has 3 aliphatic rings. The molecule has 0 bridgehead atoms. The van der Waals surface area contributed by atoms with E-state index in [1.165, 1.54) is 30.0 Å². The molecule has 2 amide bonds. The number of nitrogens with zero attached hydrogens (tertiary/aromatic N) is 2. The topological polar surface area (TPSA) is 74.4 Å². The third-order valence-corrected chi connectivity index (χ3v) is 6.54. The maximum Gasteiger partial charge on any atom is 0.414 e. The van der Waals surface area contributed by atoms with Crippen molar-refractivity contribution in [3.8, 4) is 11.1 Å². The molecule has 1 N–H and O–H groups in total. The van der Waals surface area contributed by atoms with Gasteiger partial charge in [0.2, 0.25) is 5.91 Å². The largest absolute Gasteiger partial charge is 0.442 e. The summed E-state index contributed by atoms with van der Waals surface area (Å²) in [6, 6.07) is 9.12. The summed E-state index contributed by atoms with van der Waals surface area (Å²) in [5.74, 6) is -1.18. The second-order valence-electron chi connectivity index (χ2n) is 8.84. The van der Waals surface area contributed by atoms with Crippen LogP contribution in [0.5, 0.6) is 0 Å². The van der Waals surface area contributed by atoms with Gasteiger partial charge in [-0.2, -0.15) is 0 Å². The minimum Gasteiger partial charge on any atom is -0.442 e. The van der Waals surface area contributed by atoms with Crippen molar-refractivity contribution in [1.82, 2.24) is 5.32 Å².